The molecular formula is C19H17ClN2O2. The molecule has 0 radical (unpaired) electrons. The number of amides is 1. The molecule has 1 amide bonds. The second kappa shape index (κ2) is 6.89. The smallest absolute Gasteiger partial charge is 0.230 e. The van der Waals surface area contributed by atoms with E-state index in [1.165, 1.54) is 5.56 Å². The summed E-state index contributed by atoms with van der Waals surface area (Å²) in [7, 11) is 0. The number of aromatic nitrogens is 1. The third-order valence-electron chi connectivity index (χ3n) is 3.71. The van der Waals surface area contributed by atoms with Gasteiger partial charge >= 0.3 is 0 Å². The quantitative estimate of drug-likeness (QED) is 0.742. The Kier molecular flexibility index (Phi) is 4.67. The molecule has 0 aliphatic carbocycles. The van der Waals surface area contributed by atoms with E-state index in [4.69, 9.17) is 16.1 Å². The highest BCUT2D eigenvalue weighted by Gasteiger charge is 2.12. The van der Waals surface area contributed by atoms with Crippen LogP contribution in [0.5, 0.6) is 0 Å². The monoisotopic (exact) mass is 340 g/mol. The lowest BCUT2D eigenvalue weighted by Gasteiger charge is -2.07. The van der Waals surface area contributed by atoms with Crippen molar-refractivity contribution in [3.8, 4) is 11.3 Å². The van der Waals surface area contributed by atoms with Gasteiger partial charge in [-0.05, 0) is 31.5 Å². The van der Waals surface area contributed by atoms with E-state index in [9.17, 15) is 4.79 Å². The third-order valence-corrected chi connectivity index (χ3v) is 3.95. The first-order valence-corrected chi connectivity index (χ1v) is 7.98. The first kappa shape index (κ1) is 16.3. The van der Waals surface area contributed by atoms with Crippen molar-refractivity contribution in [3.05, 3.63) is 70.4 Å². The number of rotatable bonds is 4. The number of benzene rings is 2. The molecule has 1 heterocycles. The predicted molar refractivity (Wildman–Crippen MR) is 95.2 cm³/mol. The average Bonchev–Trinajstić information content (AvgIpc) is 3.00. The molecule has 0 saturated carbocycles. The van der Waals surface area contributed by atoms with E-state index in [0.717, 1.165) is 11.1 Å². The van der Waals surface area contributed by atoms with Gasteiger partial charge in [0.1, 0.15) is 0 Å². The van der Waals surface area contributed by atoms with Crippen LogP contribution in [0.1, 0.15) is 16.8 Å². The molecule has 0 atom stereocenters. The van der Waals surface area contributed by atoms with Crippen LogP contribution in [0.4, 0.5) is 5.69 Å². The number of nitrogens with one attached hydrogen (secondary N) is 1. The average molecular weight is 341 g/mol. The number of hydrogen-bond acceptors (Lipinski definition) is 3. The van der Waals surface area contributed by atoms with Gasteiger partial charge in [-0.2, -0.15) is 0 Å². The third kappa shape index (κ3) is 3.84. The highest BCUT2D eigenvalue weighted by molar-refractivity contribution is 6.31. The molecule has 0 saturated heterocycles. The van der Waals surface area contributed by atoms with Crippen molar-refractivity contribution in [1.29, 1.82) is 0 Å². The lowest BCUT2D eigenvalue weighted by Crippen LogP contribution is -2.15. The van der Waals surface area contributed by atoms with E-state index in [1.54, 1.807) is 18.2 Å². The van der Waals surface area contributed by atoms with Gasteiger partial charge in [0.05, 0.1) is 12.1 Å². The molecule has 0 unspecified atom stereocenters. The van der Waals surface area contributed by atoms with Gasteiger partial charge in [-0.25, -0.2) is 0 Å². The maximum Gasteiger partial charge on any atom is 0.230 e. The Balaban J connectivity index is 1.69. The molecule has 3 rings (SSSR count). The van der Waals surface area contributed by atoms with Crippen LogP contribution in [0.2, 0.25) is 5.02 Å². The van der Waals surface area contributed by atoms with Crippen LogP contribution in [-0.2, 0) is 11.2 Å². The van der Waals surface area contributed by atoms with Gasteiger partial charge in [0.15, 0.2) is 5.76 Å². The molecule has 4 nitrogen and oxygen atoms in total. The number of aryl methyl sites for hydroxylation is 2. The summed E-state index contributed by atoms with van der Waals surface area (Å²) >= 11 is 5.96. The van der Waals surface area contributed by atoms with E-state index >= 15 is 0 Å². The van der Waals surface area contributed by atoms with Crippen LogP contribution >= 0.6 is 11.6 Å². The summed E-state index contributed by atoms with van der Waals surface area (Å²) in [5.41, 5.74) is 4.35. The van der Waals surface area contributed by atoms with Gasteiger partial charge in [-0.15, -0.1) is 0 Å². The fourth-order valence-corrected chi connectivity index (χ4v) is 2.51. The van der Waals surface area contributed by atoms with Crippen LogP contribution in [0.25, 0.3) is 11.3 Å². The second-order valence-corrected chi connectivity index (χ2v) is 6.17. The van der Waals surface area contributed by atoms with Gasteiger partial charge in [-0.1, -0.05) is 52.7 Å². The number of carbonyl (C=O) groups excluding carboxylic acids is 1. The van der Waals surface area contributed by atoms with Crippen LogP contribution in [0.3, 0.4) is 0 Å². The van der Waals surface area contributed by atoms with Crippen LogP contribution in [-0.4, -0.2) is 11.1 Å². The summed E-state index contributed by atoms with van der Waals surface area (Å²) in [6.45, 7) is 3.94. The van der Waals surface area contributed by atoms with Crippen molar-refractivity contribution in [1.82, 2.24) is 5.16 Å². The van der Waals surface area contributed by atoms with Crippen molar-refractivity contribution < 1.29 is 9.32 Å². The zero-order chi connectivity index (χ0) is 17.1. The Labute approximate surface area is 145 Å². The largest absolute Gasteiger partial charge is 0.356 e. The Bertz CT molecular complexity index is 869. The summed E-state index contributed by atoms with van der Waals surface area (Å²) in [6, 6.07) is 15.1. The van der Waals surface area contributed by atoms with Crippen LogP contribution in [0.15, 0.2) is 53.1 Å². The van der Waals surface area contributed by atoms with Gasteiger partial charge in [0.2, 0.25) is 5.91 Å². The van der Waals surface area contributed by atoms with E-state index in [0.29, 0.717) is 22.2 Å². The van der Waals surface area contributed by atoms with Crippen molar-refractivity contribution >= 4 is 23.2 Å². The Morgan fingerprint density at radius 2 is 1.88 bits per heavy atom. The van der Waals surface area contributed by atoms with Crippen LogP contribution < -0.4 is 5.32 Å². The van der Waals surface area contributed by atoms with Crippen LogP contribution in [0, 0.1) is 13.8 Å². The molecule has 0 bridgehead atoms. The predicted octanol–water partition coefficient (Wildman–Crippen LogP) is 4.79. The molecule has 0 aliphatic rings. The lowest BCUT2D eigenvalue weighted by atomic mass is 10.1. The second-order valence-electron chi connectivity index (χ2n) is 5.73. The molecule has 1 aromatic heterocycles. The first-order valence-electron chi connectivity index (χ1n) is 7.60. The standard InChI is InChI=1S/C19H17ClN2O2/c1-12-3-6-14(7-4-12)18-10-16(22-24-18)11-19(23)21-17-9-15(20)8-5-13(17)2/h3-10H,11H2,1-2H3,(H,21,23). The molecule has 2 aromatic carbocycles. The molecule has 122 valence electrons. The lowest BCUT2D eigenvalue weighted by molar-refractivity contribution is -0.115. The molecule has 0 aliphatic heterocycles. The number of carbonyl (C=O) groups is 1. The number of hydrogen-bond donors (Lipinski definition) is 1. The minimum absolute atomic E-state index is 0.140. The highest BCUT2D eigenvalue weighted by Crippen LogP contribution is 2.22. The molecule has 24 heavy (non-hydrogen) atoms. The normalized spacial score (nSPS) is 10.6. The molecule has 1 N–H and O–H groups in total. The molecule has 0 spiro atoms. The van der Waals surface area contributed by atoms with Crippen molar-refractivity contribution in [2.75, 3.05) is 5.32 Å². The van der Waals surface area contributed by atoms with Gasteiger partial charge in [0, 0.05) is 22.3 Å². The summed E-state index contributed by atoms with van der Waals surface area (Å²) in [6.07, 6.45) is 0.140. The van der Waals surface area contributed by atoms with Crippen molar-refractivity contribution in [2.24, 2.45) is 0 Å². The molecule has 3 aromatic rings. The summed E-state index contributed by atoms with van der Waals surface area (Å²) in [5, 5.41) is 7.41. The number of nitrogens with zero attached hydrogens (tertiary/aromatic N) is 1. The van der Waals surface area contributed by atoms with Gasteiger partial charge < -0.3 is 9.84 Å². The van der Waals surface area contributed by atoms with E-state index in [2.05, 4.69) is 10.5 Å². The highest BCUT2D eigenvalue weighted by atomic mass is 35.5. The van der Waals surface area contributed by atoms with Gasteiger partial charge in [0.25, 0.3) is 0 Å². The summed E-state index contributed by atoms with van der Waals surface area (Å²) in [4.78, 5) is 12.2. The zero-order valence-corrected chi connectivity index (χ0v) is 14.2. The SMILES string of the molecule is Cc1ccc(-c2cc(CC(=O)Nc3cc(Cl)ccc3C)no2)cc1. The van der Waals surface area contributed by atoms with Gasteiger partial charge in [-0.3, -0.25) is 4.79 Å². The minimum atomic E-state index is -0.163. The van der Waals surface area contributed by atoms with Crippen molar-refractivity contribution in [2.45, 2.75) is 20.3 Å². The summed E-state index contributed by atoms with van der Waals surface area (Å²) in [5.74, 6) is 0.487. The summed E-state index contributed by atoms with van der Waals surface area (Å²) < 4.78 is 5.33. The topological polar surface area (TPSA) is 55.1 Å². The Hall–Kier alpha value is -2.59. The first-order chi connectivity index (χ1) is 11.5. The molecular weight excluding hydrogens is 324 g/mol. The number of halogens is 1. The fraction of sp³-hybridized carbons (Fsp3) is 0.158. The Morgan fingerprint density at radius 1 is 1.12 bits per heavy atom. The maximum absolute atomic E-state index is 12.2. The van der Waals surface area contributed by atoms with E-state index in [1.807, 2.05) is 44.2 Å². The van der Waals surface area contributed by atoms with E-state index in [-0.39, 0.29) is 12.3 Å². The Morgan fingerprint density at radius 3 is 2.62 bits per heavy atom. The fourth-order valence-electron chi connectivity index (χ4n) is 2.34. The zero-order valence-electron chi connectivity index (χ0n) is 13.5. The van der Waals surface area contributed by atoms with Crippen molar-refractivity contribution in [3.63, 3.8) is 0 Å². The minimum Gasteiger partial charge on any atom is -0.356 e. The maximum atomic E-state index is 12.2. The number of anilines is 1. The van der Waals surface area contributed by atoms with E-state index < -0.39 is 0 Å². The molecule has 0 fully saturated rings. The molecule has 5 heteroatoms.